The second-order valence-corrected chi connectivity index (χ2v) is 11.3. The first kappa shape index (κ1) is 34.5. The van der Waals surface area contributed by atoms with Gasteiger partial charge in [-0.3, -0.25) is 33.8 Å². The number of benzene rings is 2. The number of Topliss-reactive ketones (excluding diaryl/α,β-unsaturated/α-hetero) is 3. The molecule has 0 aromatic heterocycles. The average Bonchev–Trinajstić information content (AvgIpc) is 2.89. The molecule has 0 saturated carbocycles. The van der Waals surface area contributed by atoms with Crippen LogP contribution in [0.4, 0.5) is 0 Å². The zero-order valence-electron chi connectivity index (χ0n) is 25.1. The number of carbonyl (C=O) groups excluding carboxylic acids is 3. The number of ketones is 3. The van der Waals surface area contributed by atoms with Gasteiger partial charge in [-0.25, -0.2) is 0 Å². The fraction of sp³-hybridized carbons (Fsp3) is 0.485. The van der Waals surface area contributed by atoms with Crippen LogP contribution >= 0.6 is 0 Å². The zero-order chi connectivity index (χ0) is 31.2. The summed E-state index contributed by atoms with van der Waals surface area (Å²) in [5.74, 6) is -2.58. The molecule has 0 radical (unpaired) electrons. The van der Waals surface area contributed by atoms with Crippen molar-refractivity contribution in [2.75, 3.05) is 0 Å². The Morgan fingerprint density at radius 2 is 0.881 bits per heavy atom. The molecule has 228 valence electrons. The summed E-state index contributed by atoms with van der Waals surface area (Å²) in [5.41, 5.74) is 2.66. The number of aliphatic carboxylic acids is 2. The fourth-order valence-electron chi connectivity index (χ4n) is 5.43. The summed E-state index contributed by atoms with van der Waals surface area (Å²) in [6.07, 6.45) is 1.39. The highest BCUT2D eigenvalue weighted by Crippen LogP contribution is 2.23. The Morgan fingerprint density at radius 1 is 0.595 bits per heavy atom. The Balaban J connectivity index is 0.000000228. The minimum absolute atomic E-state index is 0.372. The molecule has 4 atom stereocenters. The molecule has 0 unspecified atom stereocenters. The lowest BCUT2D eigenvalue weighted by molar-refractivity contribution is -0.143. The predicted molar refractivity (Wildman–Crippen MR) is 160 cm³/mol. The monoisotopic (exact) mass is 580 g/mol. The quantitative estimate of drug-likeness (QED) is 0.424. The Morgan fingerprint density at radius 3 is 1.14 bits per heavy atom. The first-order chi connectivity index (χ1) is 19.8. The minimum Gasteiger partial charge on any atom is -0.481 e. The number of hydrogen-bond donors (Lipinski definition) is 2. The van der Waals surface area contributed by atoms with Crippen molar-refractivity contribution in [3.05, 3.63) is 71.8 Å². The SMILES string of the molecule is C[C@@H]1CC(=O)C[C@@H](C)N1Cc1ccccc1.C[C@@H]1CC(=O)C[C@H](C)N1Cc1ccccc1.O=C(O)CC(=O)CC(=O)O. The van der Waals surface area contributed by atoms with Gasteiger partial charge in [-0.15, -0.1) is 0 Å². The maximum absolute atomic E-state index is 11.5. The molecule has 2 aromatic carbocycles. The van der Waals surface area contributed by atoms with E-state index in [1.54, 1.807) is 0 Å². The lowest BCUT2D eigenvalue weighted by Gasteiger charge is -2.38. The molecule has 0 spiro atoms. The topological polar surface area (TPSA) is 132 Å². The van der Waals surface area contributed by atoms with E-state index in [9.17, 15) is 24.0 Å². The first-order valence-corrected chi connectivity index (χ1v) is 14.4. The highest BCUT2D eigenvalue weighted by atomic mass is 16.4. The normalized spacial score (nSPS) is 22.7. The Bertz CT molecular complexity index is 1070. The van der Waals surface area contributed by atoms with E-state index in [0.29, 0.717) is 61.4 Å². The maximum Gasteiger partial charge on any atom is 0.310 e. The molecule has 2 aromatic rings. The number of piperidine rings is 2. The fourth-order valence-corrected chi connectivity index (χ4v) is 5.43. The minimum atomic E-state index is -1.30. The summed E-state index contributed by atoms with van der Waals surface area (Å²) in [5, 5.41) is 16.0. The van der Waals surface area contributed by atoms with Gasteiger partial charge in [-0.05, 0) is 38.8 Å². The van der Waals surface area contributed by atoms with Gasteiger partial charge < -0.3 is 10.2 Å². The molecule has 42 heavy (non-hydrogen) atoms. The van der Waals surface area contributed by atoms with E-state index in [-0.39, 0.29) is 0 Å². The number of nitrogens with zero attached hydrogens (tertiary/aromatic N) is 2. The van der Waals surface area contributed by atoms with Crippen molar-refractivity contribution in [2.45, 2.75) is 103 Å². The van der Waals surface area contributed by atoms with Crippen LogP contribution in [-0.2, 0) is 37.1 Å². The van der Waals surface area contributed by atoms with Crippen LogP contribution in [0.2, 0.25) is 0 Å². The second kappa shape index (κ2) is 17.3. The predicted octanol–water partition coefficient (Wildman–Crippen LogP) is 4.76. The summed E-state index contributed by atoms with van der Waals surface area (Å²) >= 11 is 0. The van der Waals surface area contributed by atoms with Crippen molar-refractivity contribution in [2.24, 2.45) is 0 Å². The molecular formula is C33H44N2O7. The van der Waals surface area contributed by atoms with Gasteiger partial charge in [0.15, 0.2) is 5.78 Å². The first-order valence-electron chi connectivity index (χ1n) is 14.4. The third kappa shape index (κ3) is 12.4. The van der Waals surface area contributed by atoms with E-state index >= 15 is 0 Å². The largest absolute Gasteiger partial charge is 0.481 e. The summed E-state index contributed by atoms with van der Waals surface area (Å²) in [4.78, 5) is 57.6. The van der Waals surface area contributed by atoms with Gasteiger partial charge in [0, 0.05) is 62.9 Å². The van der Waals surface area contributed by atoms with E-state index in [0.717, 1.165) is 13.1 Å². The number of likely N-dealkylation sites (tertiary alicyclic amines) is 2. The highest BCUT2D eigenvalue weighted by molar-refractivity contribution is 6.02. The van der Waals surface area contributed by atoms with Gasteiger partial charge in [0.2, 0.25) is 0 Å². The lowest BCUT2D eigenvalue weighted by atomic mass is 9.95. The van der Waals surface area contributed by atoms with Crippen LogP contribution in [0.5, 0.6) is 0 Å². The van der Waals surface area contributed by atoms with Crippen LogP contribution in [0.25, 0.3) is 0 Å². The molecular weight excluding hydrogens is 536 g/mol. The standard InChI is InChI=1S/2C14H19NO.C5H6O5/c2*1-11-8-14(16)9-12(2)15(11)10-13-6-4-3-5-7-13;6-3(1-4(7)8)2-5(9)10/h2*3-7,11-12H,8-10H2,1-2H3;1-2H2,(H,7,8)(H,9,10)/t11-,12+;11-,12-;/m.1./s1. The second-order valence-electron chi connectivity index (χ2n) is 11.3. The van der Waals surface area contributed by atoms with Crippen LogP contribution in [0.15, 0.2) is 60.7 Å². The summed E-state index contributed by atoms with van der Waals surface area (Å²) in [6.45, 7) is 10.5. The molecule has 0 bridgehead atoms. The van der Waals surface area contributed by atoms with Crippen LogP contribution in [-0.4, -0.2) is 73.5 Å². The van der Waals surface area contributed by atoms with E-state index in [2.05, 4.69) is 86.0 Å². The number of hydrogen-bond acceptors (Lipinski definition) is 7. The lowest BCUT2D eigenvalue weighted by Crippen LogP contribution is -2.46. The van der Waals surface area contributed by atoms with Crippen LogP contribution in [0.3, 0.4) is 0 Å². The molecule has 9 heteroatoms. The van der Waals surface area contributed by atoms with Gasteiger partial charge in [0.1, 0.15) is 24.4 Å². The average molecular weight is 581 g/mol. The molecule has 9 nitrogen and oxygen atoms in total. The molecule has 2 aliphatic heterocycles. The molecule has 2 N–H and O–H groups in total. The van der Waals surface area contributed by atoms with Gasteiger partial charge in [-0.2, -0.15) is 0 Å². The van der Waals surface area contributed by atoms with Gasteiger partial charge in [-0.1, -0.05) is 60.7 Å². The van der Waals surface area contributed by atoms with E-state index in [1.807, 2.05) is 12.1 Å². The number of carboxylic acids is 2. The van der Waals surface area contributed by atoms with Gasteiger partial charge in [0.25, 0.3) is 0 Å². The van der Waals surface area contributed by atoms with Gasteiger partial charge >= 0.3 is 11.9 Å². The third-order valence-corrected chi connectivity index (χ3v) is 7.47. The third-order valence-electron chi connectivity index (χ3n) is 7.47. The smallest absolute Gasteiger partial charge is 0.310 e. The van der Waals surface area contributed by atoms with E-state index < -0.39 is 30.6 Å². The summed E-state index contributed by atoms with van der Waals surface area (Å²) in [7, 11) is 0. The summed E-state index contributed by atoms with van der Waals surface area (Å²) in [6, 6.07) is 22.4. The van der Waals surface area contributed by atoms with Crippen LogP contribution in [0, 0.1) is 0 Å². The maximum atomic E-state index is 11.5. The number of carboxylic acid groups (broad SMARTS) is 2. The van der Waals surface area contributed by atoms with E-state index in [1.165, 1.54) is 11.1 Å². The highest BCUT2D eigenvalue weighted by Gasteiger charge is 2.30. The molecule has 0 aliphatic carbocycles. The molecule has 0 amide bonds. The van der Waals surface area contributed by atoms with Crippen molar-refractivity contribution >= 4 is 29.3 Å². The number of rotatable bonds is 8. The Labute approximate surface area is 248 Å². The molecule has 2 heterocycles. The van der Waals surface area contributed by atoms with E-state index in [4.69, 9.17) is 10.2 Å². The van der Waals surface area contributed by atoms with Crippen LogP contribution < -0.4 is 0 Å². The molecule has 2 fully saturated rings. The summed E-state index contributed by atoms with van der Waals surface area (Å²) < 4.78 is 0. The molecule has 4 rings (SSSR count). The van der Waals surface area contributed by atoms with Gasteiger partial charge in [0.05, 0.1) is 0 Å². The molecule has 2 aliphatic rings. The molecule has 2 saturated heterocycles. The number of carbonyl (C=O) groups is 5. The van der Waals surface area contributed by atoms with Crippen molar-refractivity contribution in [1.82, 2.24) is 9.80 Å². The Kier molecular flexibility index (Phi) is 14.2. The van der Waals surface area contributed by atoms with Crippen molar-refractivity contribution in [3.63, 3.8) is 0 Å². The Hall–Kier alpha value is -3.69. The van der Waals surface area contributed by atoms with Crippen molar-refractivity contribution in [1.29, 1.82) is 0 Å². The van der Waals surface area contributed by atoms with Crippen molar-refractivity contribution < 1.29 is 34.2 Å². The van der Waals surface area contributed by atoms with Crippen LogP contribution in [0.1, 0.15) is 77.3 Å². The van der Waals surface area contributed by atoms with Crippen molar-refractivity contribution in [3.8, 4) is 0 Å². The zero-order valence-corrected chi connectivity index (χ0v) is 25.1.